The van der Waals surface area contributed by atoms with Crippen molar-refractivity contribution in [2.24, 2.45) is 0 Å². The fourth-order valence-corrected chi connectivity index (χ4v) is 1.86. The van der Waals surface area contributed by atoms with E-state index >= 15 is 0 Å². The van der Waals surface area contributed by atoms with Crippen LogP contribution in [-0.2, 0) is 4.79 Å². The maximum absolute atomic E-state index is 11.1. The highest BCUT2D eigenvalue weighted by atomic mass is 79.9. The molecule has 62 valence electrons. The zero-order valence-electron chi connectivity index (χ0n) is 5.49. The minimum Gasteiger partial charge on any atom is -0.321 e. The second-order valence-corrected chi connectivity index (χ2v) is 3.09. The highest BCUT2D eigenvalue weighted by Crippen LogP contribution is 2.15. The van der Waals surface area contributed by atoms with Crippen molar-refractivity contribution in [3.63, 3.8) is 0 Å². The summed E-state index contributed by atoms with van der Waals surface area (Å²) < 4.78 is 0. The first kappa shape index (κ1) is 8.80. The molecule has 3 amide bonds. The van der Waals surface area contributed by atoms with Crippen molar-refractivity contribution >= 4 is 39.5 Å². The van der Waals surface area contributed by atoms with Gasteiger partial charge >= 0.3 is 6.03 Å². The smallest absolute Gasteiger partial charge is 0.321 e. The van der Waals surface area contributed by atoms with Crippen LogP contribution in [0.2, 0.25) is 0 Å². The van der Waals surface area contributed by atoms with E-state index in [0.717, 1.165) is 0 Å². The molecule has 0 aliphatic carbocycles. The molecular weight excluding hydrogens is 235 g/mol. The second-order valence-electron chi connectivity index (χ2n) is 2.26. The molecule has 0 bridgehead atoms. The lowest BCUT2D eigenvalue weighted by molar-refractivity contribution is -0.122. The lowest BCUT2D eigenvalue weighted by atomic mass is 10.1. The lowest BCUT2D eigenvalue weighted by Crippen LogP contribution is -2.50. The summed E-state index contributed by atoms with van der Waals surface area (Å²) in [5.74, 6) is -0.315. The van der Waals surface area contributed by atoms with E-state index < -0.39 is 11.6 Å². The standard InChI is InChI=1S/C5H6BrClN2O2/c6-1-5(2-7)3(10)8-4(11)9-5/h1-2H2,(H2,8,9,10,11)/t5-/m1/s1. The summed E-state index contributed by atoms with van der Waals surface area (Å²) in [7, 11) is 0. The predicted octanol–water partition coefficient (Wildman–Crippen LogP) is 0.198. The zero-order chi connectivity index (χ0) is 8.48. The van der Waals surface area contributed by atoms with E-state index in [9.17, 15) is 9.59 Å². The van der Waals surface area contributed by atoms with Crippen LogP contribution in [0.3, 0.4) is 0 Å². The summed E-state index contributed by atoms with van der Waals surface area (Å²) >= 11 is 8.62. The molecule has 0 aromatic carbocycles. The topological polar surface area (TPSA) is 58.2 Å². The van der Waals surface area contributed by atoms with Gasteiger partial charge in [0.1, 0.15) is 5.54 Å². The SMILES string of the molecule is O=C1NC(=O)[C@](CCl)(CBr)N1. The van der Waals surface area contributed by atoms with E-state index in [0.29, 0.717) is 5.33 Å². The van der Waals surface area contributed by atoms with Gasteiger partial charge in [0, 0.05) is 5.33 Å². The molecular formula is C5H6BrClN2O2. The van der Waals surface area contributed by atoms with Gasteiger partial charge in [-0.05, 0) is 0 Å². The van der Waals surface area contributed by atoms with E-state index in [1.54, 1.807) is 0 Å². The molecule has 0 unspecified atom stereocenters. The van der Waals surface area contributed by atoms with Crippen LogP contribution in [0.15, 0.2) is 0 Å². The Morgan fingerprint density at radius 1 is 1.55 bits per heavy atom. The Kier molecular flexibility index (Phi) is 2.39. The number of halogens is 2. The van der Waals surface area contributed by atoms with Crippen molar-refractivity contribution in [2.75, 3.05) is 11.2 Å². The molecule has 1 saturated heterocycles. The van der Waals surface area contributed by atoms with Gasteiger partial charge in [-0.2, -0.15) is 0 Å². The Morgan fingerprint density at radius 2 is 2.18 bits per heavy atom. The van der Waals surface area contributed by atoms with Crippen molar-refractivity contribution in [1.82, 2.24) is 10.6 Å². The Hall–Kier alpha value is -0.290. The van der Waals surface area contributed by atoms with Gasteiger partial charge in [-0.1, -0.05) is 15.9 Å². The third-order valence-electron chi connectivity index (χ3n) is 1.47. The number of alkyl halides is 2. The van der Waals surface area contributed by atoms with E-state index in [4.69, 9.17) is 11.6 Å². The highest BCUT2D eigenvalue weighted by Gasteiger charge is 2.44. The number of urea groups is 1. The van der Waals surface area contributed by atoms with Crippen LogP contribution in [0.5, 0.6) is 0 Å². The number of amides is 3. The van der Waals surface area contributed by atoms with Crippen molar-refractivity contribution in [1.29, 1.82) is 0 Å². The summed E-state index contributed by atoms with van der Waals surface area (Å²) in [5, 5.41) is 4.86. The van der Waals surface area contributed by atoms with Gasteiger partial charge in [0.25, 0.3) is 5.91 Å². The molecule has 0 aromatic rings. The van der Waals surface area contributed by atoms with E-state index in [1.165, 1.54) is 0 Å². The number of carbonyl (C=O) groups is 2. The molecule has 11 heavy (non-hydrogen) atoms. The molecule has 0 radical (unpaired) electrons. The van der Waals surface area contributed by atoms with E-state index in [2.05, 4.69) is 26.6 Å². The molecule has 2 N–H and O–H groups in total. The summed E-state index contributed by atoms with van der Waals surface area (Å²) in [4.78, 5) is 21.7. The average molecular weight is 241 g/mol. The maximum Gasteiger partial charge on any atom is 0.322 e. The van der Waals surface area contributed by atoms with Gasteiger partial charge in [-0.15, -0.1) is 11.6 Å². The summed E-state index contributed by atoms with van der Waals surface area (Å²) in [6.07, 6.45) is 0. The Morgan fingerprint density at radius 3 is 2.36 bits per heavy atom. The molecule has 0 saturated carbocycles. The Bertz CT molecular complexity index is 205. The first-order chi connectivity index (χ1) is 5.14. The molecule has 1 aliphatic rings. The molecule has 4 nitrogen and oxygen atoms in total. The van der Waals surface area contributed by atoms with Crippen molar-refractivity contribution in [3.05, 3.63) is 0 Å². The average Bonchev–Trinajstić information content (AvgIpc) is 2.27. The van der Waals surface area contributed by atoms with Crippen LogP contribution in [0, 0.1) is 0 Å². The molecule has 1 heterocycles. The first-order valence-corrected chi connectivity index (χ1v) is 4.56. The summed E-state index contributed by atoms with van der Waals surface area (Å²) in [5.41, 5.74) is -0.960. The minimum atomic E-state index is -0.960. The number of hydrogen-bond acceptors (Lipinski definition) is 2. The molecule has 1 fully saturated rings. The van der Waals surface area contributed by atoms with Crippen LogP contribution in [0.4, 0.5) is 4.79 Å². The first-order valence-electron chi connectivity index (χ1n) is 2.90. The minimum absolute atomic E-state index is 0.0653. The number of carbonyl (C=O) groups excluding carboxylic acids is 2. The maximum atomic E-state index is 11.1. The number of nitrogens with one attached hydrogen (secondary N) is 2. The van der Waals surface area contributed by atoms with Crippen molar-refractivity contribution in [3.8, 4) is 0 Å². The van der Waals surface area contributed by atoms with Crippen LogP contribution in [0.25, 0.3) is 0 Å². The van der Waals surface area contributed by atoms with Crippen LogP contribution in [-0.4, -0.2) is 28.7 Å². The largest absolute Gasteiger partial charge is 0.322 e. The van der Waals surface area contributed by atoms with Gasteiger partial charge in [0.2, 0.25) is 0 Å². The fourth-order valence-electron chi connectivity index (χ4n) is 0.752. The van der Waals surface area contributed by atoms with E-state index in [1.807, 2.05) is 0 Å². The lowest BCUT2D eigenvalue weighted by Gasteiger charge is -2.18. The predicted molar refractivity (Wildman–Crippen MR) is 43.9 cm³/mol. The third-order valence-corrected chi connectivity index (χ3v) is 2.88. The van der Waals surface area contributed by atoms with Gasteiger partial charge in [-0.25, -0.2) is 4.79 Å². The fraction of sp³-hybridized carbons (Fsp3) is 0.600. The Balaban J connectivity index is 2.84. The van der Waals surface area contributed by atoms with Gasteiger partial charge in [0.05, 0.1) is 5.88 Å². The van der Waals surface area contributed by atoms with Crippen LogP contribution >= 0.6 is 27.5 Å². The quantitative estimate of drug-likeness (QED) is 0.536. The molecule has 1 rings (SSSR count). The van der Waals surface area contributed by atoms with Crippen LogP contribution < -0.4 is 10.6 Å². The Labute approximate surface area is 76.8 Å². The van der Waals surface area contributed by atoms with Crippen molar-refractivity contribution in [2.45, 2.75) is 5.54 Å². The number of hydrogen-bond donors (Lipinski definition) is 2. The molecule has 1 atom stereocenters. The molecule has 6 heteroatoms. The second kappa shape index (κ2) is 2.98. The molecule has 0 aromatic heterocycles. The highest BCUT2D eigenvalue weighted by molar-refractivity contribution is 9.09. The number of rotatable bonds is 2. The van der Waals surface area contributed by atoms with Crippen LogP contribution in [0.1, 0.15) is 0 Å². The van der Waals surface area contributed by atoms with Gasteiger partial charge in [-0.3, -0.25) is 10.1 Å². The normalized spacial score (nSPS) is 30.0. The third kappa shape index (κ3) is 1.35. The van der Waals surface area contributed by atoms with Crippen molar-refractivity contribution < 1.29 is 9.59 Å². The monoisotopic (exact) mass is 240 g/mol. The van der Waals surface area contributed by atoms with Gasteiger partial charge < -0.3 is 5.32 Å². The molecule has 1 aliphatic heterocycles. The molecule has 0 spiro atoms. The zero-order valence-corrected chi connectivity index (χ0v) is 7.83. The number of imide groups is 1. The van der Waals surface area contributed by atoms with E-state index in [-0.39, 0.29) is 11.8 Å². The summed E-state index contributed by atoms with van der Waals surface area (Å²) in [6.45, 7) is 0. The van der Waals surface area contributed by atoms with Gasteiger partial charge in [0.15, 0.2) is 0 Å². The summed E-state index contributed by atoms with van der Waals surface area (Å²) in [6, 6.07) is -0.491.